The van der Waals surface area contributed by atoms with Gasteiger partial charge in [0.15, 0.2) is 0 Å². The molecule has 0 heterocycles. The molecule has 0 atom stereocenters. The number of carbonyl (C=O) groups is 1. The highest BCUT2D eigenvalue weighted by molar-refractivity contribution is 5.95. The van der Waals surface area contributed by atoms with Crippen LogP contribution < -0.4 is 10.5 Å². The lowest BCUT2D eigenvalue weighted by Crippen LogP contribution is -2.12. The van der Waals surface area contributed by atoms with Crippen LogP contribution in [0.15, 0.2) is 18.2 Å². The van der Waals surface area contributed by atoms with Crippen LogP contribution in [0.5, 0.6) is 5.75 Å². The molecule has 0 bridgehead atoms. The number of amides is 1. The summed E-state index contributed by atoms with van der Waals surface area (Å²) >= 11 is 0. The number of nitrogens with zero attached hydrogens (tertiary/aromatic N) is 1. The predicted octanol–water partition coefficient (Wildman–Crippen LogP) is 1.09. The zero-order valence-corrected chi connectivity index (χ0v) is 8.30. The minimum atomic E-state index is -0.568. The van der Waals surface area contributed by atoms with E-state index in [9.17, 15) is 4.79 Å². The molecule has 0 spiro atoms. The van der Waals surface area contributed by atoms with Gasteiger partial charge in [-0.3, -0.25) is 4.79 Å². The Bertz CT molecular complexity index is 385. The molecular weight excluding hydrogens is 204 g/mol. The van der Waals surface area contributed by atoms with Gasteiger partial charge in [0.25, 0.3) is 5.91 Å². The number of hydrogen-bond acceptors (Lipinski definition) is 3. The SMILES string of the molecule is COc1cc(C#N)ccc1C(N)=O.Cl. The summed E-state index contributed by atoms with van der Waals surface area (Å²) in [6.45, 7) is 0. The van der Waals surface area contributed by atoms with E-state index in [-0.39, 0.29) is 18.0 Å². The molecule has 5 heteroatoms. The zero-order valence-electron chi connectivity index (χ0n) is 7.48. The second-order valence-corrected chi connectivity index (χ2v) is 2.39. The maximum atomic E-state index is 10.8. The van der Waals surface area contributed by atoms with Gasteiger partial charge < -0.3 is 10.5 Å². The highest BCUT2D eigenvalue weighted by Crippen LogP contribution is 2.18. The summed E-state index contributed by atoms with van der Waals surface area (Å²) in [4.78, 5) is 10.8. The maximum absolute atomic E-state index is 10.8. The van der Waals surface area contributed by atoms with Gasteiger partial charge in [-0.2, -0.15) is 5.26 Å². The van der Waals surface area contributed by atoms with Crippen molar-refractivity contribution in [1.82, 2.24) is 0 Å². The average Bonchev–Trinajstić information content (AvgIpc) is 2.16. The van der Waals surface area contributed by atoms with E-state index >= 15 is 0 Å². The maximum Gasteiger partial charge on any atom is 0.252 e. The molecule has 0 unspecified atom stereocenters. The van der Waals surface area contributed by atoms with Gasteiger partial charge in [-0.25, -0.2) is 0 Å². The zero-order chi connectivity index (χ0) is 9.84. The molecular formula is C9H9ClN2O2. The second kappa shape index (κ2) is 5.10. The fourth-order valence-corrected chi connectivity index (χ4v) is 0.964. The van der Waals surface area contributed by atoms with E-state index in [4.69, 9.17) is 15.7 Å². The summed E-state index contributed by atoms with van der Waals surface area (Å²) in [5.41, 5.74) is 5.79. The lowest BCUT2D eigenvalue weighted by atomic mass is 10.1. The summed E-state index contributed by atoms with van der Waals surface area (Å²) in [6.07, 6.45) is 0. The first-order valence-electron chi connectivity index (χ1n) is 3.57. The topological polar surface area (TPSA) is 76.1 Å². The molecule has 0 aromatic heterocycles. The molecule has 14 heavy (non-hydrogen) atoms. The fourth-order valence-electron chi connectivity index (χ4n) is 0.964. The van der Waals surface area contributed by atoms with Crippen molar-refractivity contribution in [2.45, 2.75) is 0 Å². The lowest BCUT2D eigenvalue weighted by Gasteiger charge is -2.04. The third-order valence-corrected chi connectivity index (χ3v) is 1.60. The second-order valence-electron chi connectivity index (χ2n) is 2.39. The first-order chi connectivity index (χ1) is 6.19. The van der Waals surface area contributed by atoms with E-state index in [2.05, 4.69) is 0 Å². The van der Waals surface area contributed by atoms with Crippen molar-refractivity contribution >= 4 is 18.3 Å². The summed E-state index contributed by atoms with van der Waals surface area (Å²) in [5.74, 6) is -0.243. The first-order valence-corrected chi connectivity index (χ1v) is 3.57. The van der Waals surface area contributed by atoms with Crippen molar-refractivity contribution in [3.8, 4) is 11.8 Å². The Hall–Kier alpha value is -1.73. The van der Waals surface area contributed by atoms with Crippen LogP contribution in [0, 0.1) is 11.3 Å². The van der Waals surface area contributed by atoms with Crippen molar-refractivity contribution in [3.63, 3.8) is 0 Å². The molecule has 1 aromatic carbocycles. The largest absolute Gasteiger partial charge is 0.496 e. The van der Waals surface area contributed by atoms with Crippen LogP contribution in [-0.4, -0.2) is 13.0 Å². The summed E-state index contributed by atoms with van der Waals surface area (Å²) < 4.78 is 4.90. The van der Waals surface area contributed by atoms with Gasteiger partial charge in [0.05, 0.1) is 24.3 Å². The Labute approximate surface area is 87.7 Å². The molecule has 1 amide bonds. The number of primary amides is 1. The van der Waals surface area contributed by atoms with Gasteiger partial charge in [0.1, 0.15) is 5.75 Å². The van der Waals surface area contributed by atoms with Crippen LogP contribution in [0.3, 0.4) is 0 Å². The number of hydrogen-bond donors (Lipinski definition) is 1. The fraction of sp³-hybridized carbons (Fsp3) is 0.111. The third kappa shape index (κ3) is 2.38. The molecule has 1 aromatic rings. The van der Waals surface area contributed by atoms with Crippen LogP contribution >= 0.6 is 12.4 Å². The van der Waals surface area contributed by atoms with Crippen molar-refractivity contribution in [3.05, 3.63) is 29.3 Å². The summed E-state index contributed by atoms with van der Waals surface area (Å²) in [7, 11) is 1.42. The quantitative estimate of drug-likeness (QED) is 0.797. The minimum absolute atomic E-state index is 0. The molecule has 74 valence electrons. The predicted molar refractivity (Wildman–Crippen MR) is 53.5 cm³/mol. The van der Waals surface area contributed by atoms with E-state index in [1.54, 1.807) is 0 Å². The van der Waals surface area contributed by atoms with Crippen molar-refractivity contribution < 1.29 is 9.53 Å². The minimum Gasteiger partial charge on any atom is -0.496 e. The summed E-state index contributed by atoms with van der Waals surface area (Å²) in [5, 5.41) is 8.57. The Morgan fingerprint density at radius 3 is 2.64 bits per heavy atom. The number of nitriles is 1. The van der Waals surface area contributed by atoms with Crippen molar-refractivity contribution in [2.24, 2.45) is 5.73 Å². The van der Waals surface area contributed by atoms with Gasteiger partial charge in [-0.05, 0) is 18.2 Å². The molecule has 2 N–H and O–H groups in total. The monoisotopic (exact) mass is 212 g/mol. The number of nitrogens with two attached hydrogens (primary N) is 1. The number of carbonyl (C=O) groups excluding carboxylic acids is 1. The van der Waals surface area contributed by atoms with Gasteiger partial charge in [-0.1, -0.05) is 0 Å². The van der Waals surface area contributed by atoms with Crippen LogP contribution in [0.2, 0.25) is 0 Å². The number of benzene rings is 1. The first kappa shape index (κ1) is 12.3. The molecule has 4 nitrogen and oxygen atoms in total. The average molecular weight is 213 g/mol. The van der Waals surface area contributed by atoms with Gasteiger partial charge in [0, 0.05) is 0 Å². The molecule has 0 saturated carbocycles. The van der Waals surface area contributed by atoms with E-state index in [1.807, 2.05) is 6.07 Å². The van der Waals surface area contributed by atoms with Crippen LogP contribution in [0.1, 0.15) is 15.9 Å². The van der Waals surface area contributed by atoms with E-state index < -0.39 is 5.91 Å². The van der Waals surface area contributed by atoms with Gasteiger partial charge in [0.2, 0.25) is 0 Å². The molecule has 0 fully saturated rings. The number of halogens is 1. The van der Waals surface area contributed by atoms with Crippen LogP contribution in [0.4, 0.5) is 0 Å². The Morgan fingerprint density at radius 2 is 2.21 bits per heavy atom. The standard InChI is InChI=1S/C9H8N2O2.ClH/c1-13-8-4-6(5-10)2-3-7(8)9(11)12;/h2-4H,1H3,(H2,11,12);1H. The smallest absolute Gasteiger partial charge is 0.252 e. The van der Waals surface area contributed by atoms with Crippen LogP contribution in [0.25, 0.3) is 0 Å². The molecule has 0 aliphatic carbocycles. The van der Waals surface area contributed by atoms with E-state index in [0.717, 1.165) is 0 Å². The lowest BCUT2D eigenvalue weighted by molar-refractivity contribution is 0.0997. The van der Waals surface area contributed by atoms with E-state index in [1.165, 1.54) is 25.3 Å². The molecule has 0 aliphatic rings. The number of rotatable bonds is 2. The highest BCUT2D eigenvalue weighted by Gasteiger charge is 2.08. The third-order valence-electron chi connectivity index (χ3n) is 1.60. The molecule has 0 radical (unpaired) electrons. The highest BCUT2D eigenvalue weighted by atomic mass is 35.5. The van der Waals surface area contributed by atoms with Crippen LogP contribution in [-0.2, 0) is 0 Å². The van der Waals surface area contributed by atoms with Gasteiger partial charge >= 0.3 is 0 Å². The molecule has 1 rings (SSSR count). The van der Waals surface area contributed by atoms with Crippen molar-refractivity contribution in [1.29, 1.82) is 5.26 Å². The molecule has 0 aliphatic heterocycles. The molecule has 0 saturated heterocycles. The number of methoxy groups -OCH3 is 1. The normalized spacial score (nSPS) is 8.29. The van der Waals surface area contributed by atoms with Gasteiger partial charge in [-0.15, -0.1) is 12.4 Å². The number of ether oxygens (including phenoxy) is 1. The van der Waals surface area contributed by atoms with E-state index in [0.29, 0.717) is 11.3 Å². The van der Waals surface area contributed by atoms with Crippen molar-refractivity contribution in [2.75, 3.05) is 7.11 Å². The summed E-state index contributed by atoms with van der Waals surface area (Å²) in [6, 6.07) is 6.40. The Balaban J connectivity index is 0.00000169. The Kier molecular flexibility index (Phi) is 4.47. The Morgan fingerprint density at radius 1 is 1.57 bits per heavy atom.